The van der Waals surface area contributed by atoms with Crippen LogP contribution < -0.4 is 5.32 Å². The Balaban J connectivity index is 1.64. The average molecular weight is 326 g/mol. The molecule has 2 aliphatic rings. The first-order valence-corrected chi connectivity index (χ1v) is 9.01. The molecule has 24 heavy (non-hydrogen) atoms. The van der Waals surface area contributed by atoms with E-state index in [1.165, 1.54) is 0 Å². The summed E-state index contributed by atoms with van der Waals surface area (Å²) in [5, 5.41) is 3.01. The van der Waals surface area contributed by atoms with Gasteiger partial charge in [0.15, 0.2) is 0 Å². The number of hydrogen-bond acceptors (Lipinski definition) is 2. The molecular weight excluding hydrogens is 300 g/mol. The van der Waals surface area contributed by atoms with Crippen LogP contribution in [0.5, 0.6) is 0 Å². The molecule has 0 unspecified atom stereocenters. The third-order valence-corrected chi connectivity index (χ3v) is 4.89. The van der Waals surface area contributed by atoms with Crippen molar-refractivity contribution in [1.29, 1.82) is 0 Å². The molecule has 1 saturated heterocycles. The summed E-state index contributed by atoms with van der Waals surface area (Å²) < 4.78 is 0. The smallest absolute Gasteiger partial charge is 0.245 e. The molecule has 0 radical (unpaired) electrons. The molecule has 0 aromatic heterocycles. The Kier molecular flexibility index (Phi) is 5.68. The molecule has 4 nitrogen and oxygen atoms in total. The molecule has 1 N–H and O–H groups in total. The summed E-state index contributed by atoms with van der Waals surface area (Å²) in [5.74, 6) is 0.371. The van der Waals surface area contributed by atoms with Crippen molar-refractivity contribution in [1.82, 2.24) is 10.2 Å². The molecule has 0 bridgehead atoms. The van der Waals surface area contributed by atoms with Crippen molar-refractivity contribution in [3.8, 4) is 0 Å². The number of hydrogen-bond donors (Lipinski definition) is 1. The zero-order valence-corrected chi connectivity index (χ0v) is 14.1. The van der Waals surface area contributed by atoms with Crippen molar-refractivity contribution >= 4 is 11.8 Å². The SMILES string of the molecule is O=C(C[C@@H]1C=CCC1)N[C@@H](Cc1ccccc1)C(=O)N1CCCC1. The minimum atomic E-state index is -0.455. The second-order valence-electron chi connectivity index (χ2n) is 6.81. The molecule has 1 fully saturated rings. The molecule has 0 saturated carbocycles. The van der Waals surface area contributed by atoms with Crippen molar-refractivity contribution in [2.75, 3.05) is 13.1 Å². The fourth-order valence-corrected chi connectivity index (χ4v) is 3.56. The Morgan fingerprint density at radius 2 is 1.92 bits per heavy atom. The van der Waals surface area contributed by atoms with Crippen molar-refractivity contribution in [2.45, 2.75) is 44.6 Å². The van der Waals surface area contributed by atoms with E-state index in [4.69, 9.17) is 0 Å². The molecule has 2 amide bonds. The van der Waals surface area contributed by atoms with E-state index in [2.05, 4.69) is 17.5 Å². The Hall–Kier alpha value is -2.10. The first-order chi connectivity index (χ1) is 11.7. The zero-order valence-electron chi connectivity index (χ0n) is 14.1. The van der Waals surface area contributed by atoms with Crippen LogP contribution in [0.1, 0.15) is 37.7 Å². The van der Waals surface area contributed by atoms with Gasteiger partial charge in [-0.15, -0.1) is 0 Å². The van der Waals surface area contributed by atoms with Gasteiger partial charge in [0.05, 0.1) is 0 Å². The van der Waals surface area contributed by atoms with Crippen molar-refractivity contribution < 1.29 is 9.59 Å². The number of amides is 2. The van der Waals surface area contributed by atoms with E-state index in [-0.39, 0.29) is 11.8 Å². The van der Waals surface area contributed by atoms with Crippen LogP contribution in [-0.2, 0) is 16.0 Å². The lowest BCUT2D eigenvalue weighted by Crippen LogP contribution is -2.49. The second-order valence-corrected chi connectivity index (χ2v) is 6.81. The van der Waals surface area contributed by atoms with Gasteiger partial charge in [0.1, 0.15) is 6.04 Å². The van der Waals surface area contributed by atoms with Gasteiger partial charge in [-0.1, -0.05) is 42.5 Å². The Bertz CT molecular complexity index is 591. The van der Waals surface area contributed by atoms with Crippen molar-refractivity contribution in [2.24, 2.45) is 5.92 Å². The third kappa shape index (κ3) is 4.47. The molecule has 1 aliphatic heterocycles. The molecular formula is C20H26N2O2. The van der Waals surface area contributed by atoms with E-state index < -0.39 is 6.04 Å². The van der Waals surface area contributed by atoms with E-state index in [1.807, 2.05) is 35.2 Å². The lowest BCUT2D eigenvalue weighted by atomic mass is 10.0. The van der Waals surface area contributed by atoms with Gasteiger partial charge in [0.2, 0.25) is 11.8 Å². The standard InChI is InChI=1S/C20H26N2O2/c23-19(15-17-10-4-5-11-17)21-18(14-16-8-2-1-3-9-16)20(24)22-12-6-7-13-22/h1-4,8-10,17-18H,5-7,11-15H2,(H,21,23)/t17-,18+/m1/s1. The van der Waals surface area contributed by atoms with Gasteiger partial charge in [-0.2, -0.15) is 0 Å². The van der Waals surface area contributed by atoms with Gasteiger partial charge in [0, 0.05) is 25.9 Å². The maximum atomic E-state index is 12.8. The molecule has 1 heterocycles. The predicted molar refractivity (Wildman–Crippen MR) is 94.4 cm³/mol. The highest BCUT2D eigenvalue weighted by Gasteiger charge is 2.28. The van der Waals surface area contributed by atoms with E-state index >= 15 is 0 Å². The highest BCUT2D eigenvalue weighted by molar-refractivity contribution is 5.88. The normalized spacial score (nSPS) is 21.0. The van der Waals surface area contributed by atoms with E-state index in [1.54, 1.807) is 0 Å². The van der Waals surface area contributed by atoms with Crippen LogP contribution >= 0.6 is 0 Å². The minimum absolute atomic E-state index is 0.0139. The summed E-state index contributed by atoms with van der Waals surface area (Å²) in [6, 6.07) is 9.47. The third-order valence-electron chi connectivity index (χ3n) is 4.89. The van der Waals surface area contributed by atoms with Crippen LogP contribution in [-0.4, -0.2) is 35.8 Å². The molecule has 128 valence electrons. The molecule has 1 aromatic rings. The molecule has 3 rings (SSSR count). The Morgan fingerprint density at radius 3 is 2.58 bits per heavy atom. The largest absolute Gasteiger partial charge is 0.344 e. The molecule has 1 aromatic carbocycles. The van der Waals surface area contributed by atoms with Gasteiger partial charge in [-0.05, 0) is 37.2 Å². The van der Waals surface area contributed by atoms with Crippen molar-refractivity contribution in [3.05, 3.63) is 48.0 Å². The summed E-state index contributed by atoms with van der Waals surface area (Å²) in [6.45, 7) is 1.62. The topological polar surface area (TPSA) is 49.4 Å². The van der Waals surface area contributed by atoms with Gasteiger partial charge >= 0.3 is 0 Å². The first kappa shape index (κ1) is 16.7. The number of carbonyl (C=O) groups is 2. The highest BCUT2D eigenvalue weighted by Crippen LogP contribution is 2.20. The Labute approximate surface area is 143 Å². The maximum absolute atomic E-state index is 12.8. The van der Waals surface area contributed by atoms with Crippen LogP contribution in [0.3, 0.4) is 0 Å². The molecule has 4 heteroatoms. The van der Waals surface area contributed by atoms with Gasteiger partial charge in [0.25, 0.3) is 0 Å². The number of allylic oxidation sites excluding steroid dienone is 2. The number of benzene rings is 1. The van der Waals surface area contributed by atoms with Crippen LogP contribution in [0.2, 0.25) is 0 Å². The lowest BCUT2D eigenvalue weighted by Gasteiger charge is -2.24. The predicted octanol–water partition coefficient (Wildman–Crippen LogP) is 2.69. The fourth-order valence-electron chi connectivity index (χ4n) is 3.56. The number of carbonyl (C=O) groups excluding carboxylic acids is 2. The first-order valence-electron chi connectivity index (χ1n) is 9.01. The van der Waals surface area contributed by atoms with Gasteiger partial charge in [-0.3, -0.25) is 9.59 Å². The average Bonchev–Trinajstić information content (AvgIpc) is 3.28. The van der Waals surface area contributed by atoms with Crippen LogP contribution in [0, 0.1) is 5.92 Å². The number of nitrogens with zero attached hydrogens (tertiary/aromatic N) is 1. The molecule has 0 spiro atoms. The Morgan fingerprint density at radius 1 is 1.17 bits per heavy atom. The summed E-state index contributed by atoms with van der Waals surface area (Å²) >= 11 is 0. The van der Waals surface area contributed by atoms with Gasteiger partial charge < -0.3 is 10.2 Å². The second kappa shape index (κ2) is 8.13. The summed E-state index contributed by atoms with van der Waals surface area (Å²) in [6.07, 6.45) is 9.50. The quantitative estimate of drug-likeness (QED) is 0.817. The van der Waals surface area contributed by atoms with E-state index in [9.17, 15) is 9.59 Å². The maximum Gasteiger partial charge on any atom is 0.245 e. The van der Waals surface area contributed by atoms with Crippen molar-refractivity contribution in [3.63, 3.8) is 0 Å². The zero-order chi connectivity index (χ0) is 16.8. The summed E-state index contributed by atoms with van der Waals surface area (Å²) in [5.41, 5.74) is 1.08. The van der Waals surface area contributed by atoms with Crippen LogP contribution in [0.15, 0.2) is 42.5 Å². The monoisotopic (exact) mass is 326 g/mol. The lowest BCUT2D eigenvalue weighted by molar-refractivity contribution is -0.135. The van der Waals surface area contributed by atoms with E-state index in [0.29, 0.717) is 18.8 Å². The number of nitrogens with one attached hydrogen (secondary N) is 1. The van der Waals surface area contributed by atoms with Crippen LogP contribution in [0.4, 0.5) is 0 Å². The summed E-state index contributed by atoms with van der Waals surface area (Å²) in [4.78, 5) is 27.1. The summed E-state index contributed by atoms with van der Waals surface area (Å²) in [7, 11) is 0. The number of likely N-dealkylation sites (tertiary alicyclic amines) is 1. The van der Waals surface area contributed by atoms with E-state index in [0.717, 1.165) is 44.3 Å². The highest BCUT2D eigenvalue weighted by atomic mass is 16.2. The van der Waals surface area contributed by atoms with Gasteiger partial charge in [-0.25, -0.2) is 0 Å². The molecule has 1 aliphatic carbocycles. The fraction of sp³-hybridized carbons (Fsp3) is 0.500. The minimum Gasteiger partial charge on any atom is -0.344 e. The molecule has 2 atom stereocenters. The van der Waals surface area contributed by atoms with Crippen LogP contribution in [0.25, 0.3) is 0 Å². The number of rotatable bonds is 6.